The molecule has 0 saturated heterocycles. The summed E-state index contributed by atoms with van der Waals surface area (Å²) >= 11 is 0. The number of aromatic nitrogens is 2. The third kappa shape index (κ3) is 1.84. The highest BCUT2D eigenvalue weighted by Gasteiger charge is 2.24. The van der Waals surface area contributed by atoms with Crippen LogP contribution in [0.25, 0.3) is 0 Å². The smallest absolute Gasteiger partial charge is 0.242 e. The van der Waals surface area contributed by atoms with Crippen molar-refractivity contribution in [3.05, 3.63) is 6.20 Å². The van der Waals surface area contributed by atoms with Gasteiger partial charge >= 0.3 is 0 Å². The minimum atomic E-state index is -3.31. The zero-order chi connectivity index (χ0) is 10.9. The van der Waals surface area contributed by atoms with Crippen LogP contribution in [0, 0.1) is 0 Å². The number of rotatable bonds is 1. The number of nitrogens with zero attached hydrogens (tertiary/aromatic N) is 3. The first-order chi connectivity index (χ1) is 7.13. The first-order valence-electron chi connectivity index (χ1n) is 4.51. The third-order valence-electron chi connectivity index (χ3n) is 2.23. The molecule has 0 amide bonds. The Balaban J connectivity index is 2.57. The molecule has 0 aliphatic carbocycles. The molecule has 1 aromatic rings. The van der Waals surface area contributed by atoms with E-state index in [4.69, 9.17) is 0 Å². The van der Waals surface area contributed by atoms with Gasteiger partial charge in [-0.25, -0.2) is 13.2 Å². The van der Waals surface area contributed by atoms with Gasteiger partial charge in [-0.1, -0.05) is 0 Å². The first kappa shape index (κ1) is 10.1. The van der Waals surface area contributed by atoms with Gasteiger partial charge in [0, 0.05) is 6.54 Å². The molecule has 0 saturated carbocycles. The van der Waals surface area contributed by atoms with Gasteiger partial charge in [0.25, 0.3) is 0 Å². The number of hydrogen-bond acceptors (Lipinski definition) is 5. The zero-order valence-corrected chi connectivity index (χ0v) is 8.70. The normalized spacial score (nSPS) is 18.7. The molecule has 0 atom stereocenters. The van der Waals surface area contributed by atoms with Crippen molar-refractivity contribution in [2.24, 2.45) is 4.99 Å². The van der Waals surface area contributed by atoms with Crippen molar-refractivity contribution in [2.45, 2.75) is 24.5 Å². The molecule has 0 radical (unpaired) electrons. The third-order valence-corrected chi connectivity index (χ3v) is 3.94. The summed E-state index contributed by atoms with van der Waals surface area (Å²) in [7, 11) is -3.31. The Hall–Kier alpha value is -1.46. The van der Waals surface area contributed by atoms with Gasteiger partial charge in [0.1, 0.15) is 0 Å². The molecule has 1 aliphatic rings. The van der Waals surface area contributed by atoms with Crippen LogP contribution in [0.2, 0.25) is 0 Å². The Morgan fingerprint density at radius 1 is 1.47 bits per heavy atom. The molecule has 2 rings (SSSR count). The Morgan fingerprint density at radius 3 is 3.00 bits per heavy atom. The maximum absolute atomic E-state index is 11.7. The molecule has 0 N–H and O–H groups in total. The molecule has 0 fully saturated rings. The number of carbonyl (C=O) groups excluding carboxylic acids is 1. The highest BCUT2D eigenvalue weighted by Crippen LogP contribution is 2.21. The average molecular weight is 227 g/mol. The average Bonchev–Trinajstić information content (AvgIpc) is 2.52. The number of fused-ring (bicyclic) bond motifs is 1. The van der Waals surface area contributed by atoms with E-state index in [1.165, 1.54) is 16.8 Å². The summed E-state index contributed by atoms with van der Waals surface area (Å²) in [4.78, 5) is 17.1. The van der Waals surface area contributed by atoms with Crippen molar-refractivity contribution in [1.29, 1.82) is 0 Å². The Morgan fingerprint density at radius 2 is 2.27 bits per heavy atom. The molecule has 1 aliphatic heterocycles. The number of isocyanates is 1. The van der Waals surface area contributed by atoms with Crippen molar-refractivity contribution >= 4 is 21.7 Å². The van der Waals surface area contributed by atoms with Gasteiger partial charge in [-0.15, -0.1) is 4.99 Å². The van der Waals surface area contributed by atoms with Crippen LogP contribution < -0.4 is 0 Å². The van der Waals surface area contributed by atoms with E-state index in [0.717, 1.165) is 6.42 Å². The Labute approximate surface area is 86.6 Å². The van der Waals surface area contributed by atoms with Crippen molar-refractivity contribution in [3.8, 4) is 0 Å². The maximum Gasteiger partial charge on any atom is 0.242 e. The fraction of sp³-hybridized carbons (Fsp3) is 0.500. The second-order valence-electron chi connectivity index (χ2n) is 3.30. The summed E-state index contributed by atoms with van der Waals surface area (Å²) in [5.74, 6) is 0.208. The number of aryl methyl sites for hydroxylation is 1. The van der Waals surface area contributed by atoms with E-state index in [9.17, 15) is 13.2 Å². The fourth-order valence-electron chi connectivity index (χ4n) is 1.56. The van der Waals surface area contributed by atoms with Crippen LogP contribution in [0.15, 0.2) is 16.3 Å². The van der Waals surface area contributed by atoms with Gasteiger partial charge in [-0.05, 0) is 12.8 Å². The summed E-state index contributed by atoms with van der Waals surface area (Å²) in [5.41, 5.74) is 0. The van der Waals surface area contributed by atoms with Crippen LogP contribution in [-0.4, -0.2) is 29.8 Å². The molecule has 15 heavy (non-hydrogen) atoms. The predicted octanol–water partition coefficient (Wildman–Crippen LogP) is 0.418. The largest absolute Gasteiger partial charge is 0.320 e. The quantitative estimate of drug-likeness (QED) is 0.514. The second-order valence-corrected chi connectivity index (χ2v) is 5.31. The van der Waals surface area contributed by atoms with Crippen molar-refractivity contribution in [3.63, 3.8) is 0 Å². The summed E-state index contributed by atoms with van der Waals surface area (Å²) < 4.78 is 24.9. The molecule has 80 valence electrons. The highest BCUT2D eigenvalue weighted by molar-refractivity contribution is 7.91. The molecule has 0 unspecified atom stereocenters. The summed E-state index contributed by atoms with van der Waals surface area (Å²) in [6.45, 7) is 0.593. The molecule has 7 heteroatoms. The molecule has 6 nitrogen and oxygen atoms in total. The molecular weight excluding hydrogens is 218 g/mol. The number of imidazole rings is 1. The van der Waals surface area contributed by atoms with E-state index in [1.54, 1.807) is 0 Å². The summed E-state index contributed by atoms with van der Waals surface area (Å²) in [6.07, 6.45) is 4.22. The highest BCUT2D eigenvalue weighted by atomic mass is 32.2. The van der Waals surface area contributed by atoms with Gasteiger partial charge < -0.3 is 4.57 Å². The van der Waals surface area contributed by atoms with Gasteiger partial charge in [0.05, 0.1) is 11.9 Å². The van der Waals surface area contributed by atoms with E-state index in [-0.39, 0.29) is 16.7 Å². The van der Waals surface area contributed by atoms with Gasteiger partial charge in [-0.2, -0.15) is 4.98 Å². The summed E-state index contributed by atoms with van der Waals surface area (Å²) in [6, 6.07) is 0. The van der Waals surface area contributed by atoms with E-state index in [0.29, 0.717) is 13.0 Å². The molecule has 1 aromatic heterocycles. The molecule has 0 aromatic carbocycles. The second kappa shape index (κ2) is 3.60. The standard InChI is InChI=1S/C8H9N3O3S/c12-6-9-7-5-11-3-1-2-4-15(13,14)8(11)10-7/h5H,1-4H2. The predicted molar refractivity (Wildman–Crippen MR) is 51.3 cm³/mol. The van der Waals surface area contributed by atoms with Crippen LogP contribution in [0.4, 0.5) is 5.82 Å². The number of hydrogen-bond donors (Lipinski definition) is 0. The van der Waals surface area contributed by atoms with E-state index < -0.39 is 9.84 Å². The number of aliphatic imine (C=N–C) groups is 1. The minimum absolute atomic E-state index is 0.00833. The lowest BCUT2D eigenvalue weighted by Gasteiger charge is -1.99. The van der Waals surface area contributed by atoms with E-state index in [1.807, 2.05) is 0 Å². The van der Waals surface area contributed by atoms with Crippen LogP contribution in [0.5, 0.6) is 0 Å². The maximum atomic E-state index is 11.7. The molecule has 0 bridgehead atoms. The fourth-order valence-corrected chi connectivity index (χ4v) is 3.06. The van der Waals surface area contributed by atoms with E-state index in [2.05, 4.69) is 9.98 Å². The monoisotopic (exact) mass is 227 g/mol. The first-order valence-corrected chi connectivity index (χ1v) is 6.16. The van der Waals surface area contributed by atoms with Gasteiger partial charge in [0.15, 0.2) is 5.82 Å². The molecule has 0 spiro atoms. The van der Waals surface area contributed by atoms with Crippen LogP contribution in [0.1, 0.15) is 12.8 Å². The lowest BCUT2D eigenvalue weighted by atomic mass is 10.3. The van der Waals surface area contributed by atoms with Gasteiger partial charge in [0.2, 0.25) is 21.1 Å². The van der Waals surface area contributed by atoms with Crippen molar-refractivity contribution in [2.75, 3.05) is 5.75 Å². The minimum Gasteiger partial charge on any atom is -0.320 e. The lowest BCUT2D eigenvalue weighted by molar-refractivity contribution is 0.565. The van der Waals surface area contributed by atoms with Gasteiger partial charge in [-0.3, -0.25) is 0 Å². The molecular formula is C8H9N3O3S. The van der Waals surface area contributed by atoms with Crippen LogP contribution >= 0.6 is 0 Å². The molecule has 2 heterocycles. The van der Waals surface area contributed by atoms with Crippen LogP contribution in [-0.2, 0) is 21.2 Å². The SMILES string of the molecule is O=C=Nc1cn2c(n1)S(=O)(=O)CCCC2. The summed E-state index contributed by atoms with van der Waals surface area (Å²) in [5, 5.41) is 0.00833. The zero-order valence-electron chi connectivity index (χ0n) is 7.88. The Kier molecular flexibility index (Phi) is 2.42. The lowest BCUT2D eigenvalue weighted by Crippen LogP contribution is -2.09. The number of sulfone groups is 1. The van der Waals surface area contributed by atoms with E-state index >= 15 is 0 Å². The van der Waals surface area contributed by atoms with Crippen LogP contribution in [0.3, 0.4) is 0 Å². The topological polar surface area (TPSA) is 81.4 Å². The van der Waals surface area contributed by atoms with Crippen molar-refractivity contribution < 1.29 is 13.2 Å². The Bertz CT molecular complexity index is 525. The van der Waals surface area contributed by atoms with Crippen molar-refractivity contribution in [1.82, 2.24) is 9.55 Å².